The Hall–Kier alpha value is -2.04. The normalized spacial score (nSPS) is 11.7. The largest absolute Gasteiger partial charge is 0.370 e. The average Bonchev–Trinajstić information content (AvgIpc) is 2.15. The van der Waals surface area contributed by atoms with Gasteiger partial charge >= 0.3 is 0 Å². The number of hydrogen-bond acceptors (Lipinski definition) is 2. The second-order valence-electron chi connectivity index (χ2n) is 2.77. The SMILES string of the molecule is [NH]C(=O)C(NC(=N)N)c1ccccc1. The fourth-order valence-corrected chi connectivity index (χ4v) is 1.10. The van der Waals surface area contributed by atoms with Gasteiger partial charge in [-0.2, -0.15) is 0 Å². The molecule has 0 bridgehead atoms. The van der Waals surface area contributed by atoms with Crippen LogP contribution in [0.25, 0.3) is 0 Å². The topological polar surface area (TPSA) is 103 Å². The van der Waals surface area contributed by atoms with Gasteiger partial charge < -0.3 is 11.1 Å². The van der Waals surface area contributed by atoms with Crippen LogP contribution in [0.2, 0.25) is 0 Å². The first-order valence-electron chi connectivity index (χ1n) is 4.02. The van der Waals surface area contributed by atoms with Crippen molar-refractivity contribution in [3.05, 3.63) is 35.9 Å². The van der Waals surface area contributed by atoms with Crippen LogP contribution in [0.3, 0.4) is 0 Å². The molecule has 5 N–H and O–H groups in total. The van der Waals surface area contributed by atoms with E-state index in [1.54, 1.807) is 24.3 Å². The number of nitrogens with two attached hydrogens (primary N) is 1. The highest BCUT2D eigenvalue weighted by molar-refractivity contribution is 5.86. The number of carbonyl (C=O) groups is 1. The molecule has 1 amide bonds. The Balaban J connectivity index is 2.89. The summed E-state index contributed by atoms with van der Waals surface area (Å²) in [7, 11) is 0. The molecule has 5 nitrogen and oxygen atoms in total. The number of hydrogen-bond donors (Lipinski definition) is 3. The molecule has 1 aromatic carbocycles. The molecule has 0 fully saturated rings. The van der Waals surface area contributed by atoms with E-state index in [0.29, 0.717) is 5.56 Å². The van der Waals surface area contributed by atoms with Gasteiger partial charge in [-0.05, 0) is 5.56 Å². The summed E-state index contributed by atoms with van der Waals surface area (Å²) >= 11 is 0. The van der Waals surface area contributed by atoms with Crippen molar-refractivity contribution in [1.29, 1.82) is 5.41 Å². The molecule has 1 atom stereocenters. The van der Waals surface area contributed by atoms with Crippen molar-refractivity contribution in [1.82, 2.24) is 11.1 Å². The minimum absolute atomic E-state index is 0.320. The van der Waals surface area contributed by atoms with Gasteiger partial charge in [0.2, 0.25) is 0 Å². The van der Waals surface area contributed by atoms with Crippen molar-refractivity contribution >= 4 is 11.9 Å². The van der Waals surface area contributed by atoms with Crippen LogP contribution in [0.1, 0.15) is 11.6 Å². The Morgan fingerprint density at radius 2 is 1.93 bits per heavy atom. The van der Waals surface area contributed by atoms with Crippen LogP contribution in [-0.2, 0) is 4.79 Å². The second kappa shape index (κ2) is 4.27. The zero-order chi connectivity index (χ0) is 10.6. The number of benzene rings is 1. The predicted octanol–water partition coefficient (Wildman–Crippen LogP) is 0.0203. The van der Waals surface area contributed by atoms with Gasteiger partial charge in [-0.15, -0.1) is 0 Å². The molecule has 0 aliphatic heterocycles. The summed E-state index contributed by atoms with van der Waals surface area (Å²) in [6.07, 6.45) is 0. The summed E-state index contributed by atoms with van der Waals surface area (Å²) < 4.78 is 0. The van der Waals surface area contributed by atoms with Crippen LogP contribution in [0.5, 0.6) is 0 Å². The zero-order valence-corrected chi connectivity index (χ0v) is 7.45. The van der Waals surface area contributed by atoms with Crippen LogP contribution < -0.4 is 16.8 Å². The van der Waals surface area contributed by atoms with E-state index in [-0.39, 0.29) is 5.96 Å². The summed E-state index contributed by atoms with van der Waals surface area (Å²) in [5, 5.41) is 9.42. The van der Waals surface area contributed by atoms with Gasteiger partial charge in [0.15, 0.2) is 5.96 Å². The molecule has 0 aromatic heterocycles. The summed E-state index contributed by atoms with van der Waals surface area (Å²) in [4.78, 5) is 10.9. The van der Waals surface area contributed by atoms with Gasteiger partial charge in [-0.3, -0.25) is 15.9 Å². The van der Waals surface area contributed by atoms with Gasteiger partial charge in [-0.1, -0.05) is 30.3 Å². The third-order valence-electron chi connectivity index (χ3n) is 1.69. The van der Waals surface area contributed by atoms with Gasteiger partial charge in [0.25, 0.3) is 5.91 Å². The van der Waals surface area contributed by atoms with E-state index in [1.165, 1.54) is 0 Å². The first-order valence-corrected chi connectivity index (χ1v) is 4.02. The number of guanidine groups is 1. The fourth-order valence-electron chi connectivity index (χ4n) is 1.10. The van der Waals surface area contributed by atoms with Gasteiger partial charge in [0, 0.05) is 0 Å². The maximum atomic E-state index is 10.9. The Morgan fingerprint density at radius 1 is 1.36 bits per heavy atom. The van der Waals surface area contributed by atoms with E-state index in [1.807, 2.05) is 6.07 Å². The maximum absolute atomic E-state index is 10.9. The molecule has 0 spiro atoms. The van der Waals surface area contributed by atoms with Crippen molar-refractivity contribution in [3.8, 4) is 0 Å². The van der Waals surface area contributed by atoms with Gasteiger partial charge in [-0.25, -0.2) is 0 Å². The van der Waals surface area contributed by atoms with Crippen molar-refractivity contribution in [3.63, 3.8) is 0 Å². The maximum Gasteiger partial charge on any atom is 0.265 e. The molecule has 1 aromatic rings. The molecule has 0 saturated carbocycles. The van der Waals surface area contributed by atoms with Crippen LogP contribution in [0.4, 0.5) is 0 Å². The molecule has 0 aliphatic rings. The second-order valence-corrected chi connectivity index (χ2v) is 2.77. The Labute approximate surface area is 81.6 Å². The van der Waals surface area contributed by atoms with Crippen LogP contribution in [0.15, 0.2) is 30.3 Å². The number of carbonyl (C=O) groups excluding carboxylic acids is 1. The highest BCUT2D eigenvalue weighted by Crippen LogP contribution is 2.11. The van der Waals surface area contributed by atoms with Crippen LogP contribution in [0, 0.1) is 5.41 Å². The average molecular weight is 191 g/mol. The molecule has 1 rings (SSSR count). The zero-order valence-electron chi connectivity index (χ0n) is 7.45. The molecule has 1 radical (unpaired) electrons. The smallest absolute Gasteiger partial charge is 0.265 e. The summed E-state index contributed by atoms with van der Waals surface area (Å²) in [6, 6.07) is 7.87. The lowest BCUT2D eigenvalue weighted by atomic mass is 10.1. The van der Waals surface area contributed by atoms with Crippen molar-refractivity contribution in [2.24, 2.45) is 5.73 Å². The Bertz CT molecular complexity index is 336. The summed E-state index contributed by atoms with van der Waals surface area (Å²) in [5.41, 5.74) is 12.7. The number of nitrogens with one attached hydrogen (secondary N) is 3. The molecule has 0 heterocycles. The van der Waals surface area contributed by atoms with Crippen molar-refractivity contribution in [2.75, 3.05) is 0 Å². The van der Waals surface area contributed by atoms with Crippen LogP contribution in [-0.4, -0.2) is 11.9 Å². The van der Waals surface area contributed by atoms with E-state index in [2.05, 4.69) is 5.32 Å². The monoisotopic (exact) mass is 191 g/mol. The third-order valence-corrected chi connectivity index (χ3v) is 1.69. The number of rotatable bonds is 3. The quantitative estimate of drug-likeness (QED) is 0.463. The number of amides is 1. The third kappa shape index (κ3) is 2.48. The van der Waals surface area contributed by atoms with E-state index in [9.17, 15) is 4.79 Å². The highest BCUT2D eigenvalue weighted by atomic mass is 16.1. The van der Waals surface area contributed by atoms with Crippen molar-refractivity contribution in [2.45, 2.75) is 6.04 Å². The minimum atomic E-state index is -0.853. The first kappa shape index (κ1) is 10.0. The fraction of sp³-hybridized carbons (Fsp3) is 0.111. The van der Waals surface area contributed by atoms with E-state index < -0.39 is 11.9 Å². The molecule has 1 unspecified atom stereocenters. The molecule has 14 heavy (non-hydrogen) atoms. The molecule has 0 saturated heterocycles. The minimum Gasteiger partial charge on any atom is -0.370 e. The van der Waals surface area contributed by atoms with Gasteiger partial charge in [0.05, 0.1) is 0 Å². The van der Waals surface area contributed by atoms with Crippen molar-refractivity contribution < 1.29 is 4.79 Å². The predicted molar refractivity (Wildman–Crippen MR) is 52.3 cm³/mol. The molecule has 0 aliphatic carbocycles. The van der Waals surface area contributed by atoms with E-state index in [4.69, 9.17) is 16.9 Å². The molecule has 5 heteroatoms. The Morgan fingerprint density at radius 3 is 2.36 bits per heavy atom. The van der Waals surface area contributed by atoms with Gasteiger partial charge in [0.1, 0.15) is 6.04 Å². The summed E-state index contributed by atoms with van der Waals surface area (Å²) in [6.45, 7) is 0. The standard InChI is InChI=1S/C9H11N4O/c10-8(14)7(13-9(11)12)6-4-2-1-3-5-6/h1-5,7,10H,(H4,11,12,13). The lowest BCUT2D eigenvalue weighted by Gasteiger charge is -2.14. The molecular weight excluding hydrogens is 180 g/mol. The van der Waals surface area contributed by atoms with E-state index in [0.717, 1.165) is 0 Å². The van der Waals surface area contributed by atoms with E-state index >= 15 is 0 Å². The molecule has 73 valence electrons. The van der Waals surface area contributed by atoms with Crippen LogP contribution >= 0.6 is 0 Å². The highest BCUT2D eigenvalue weighted by Gasteiger charge is 2.17. The lowest BCUT2D eigenvalue weighted by molar-refractivity contribution is -0.120. The lowest BCUT2D eigenvalue weighted by Crippen LogP contribution is -2.38. The first-order chi connectivity index (χ1) is 6.61. The summed E-state index contributed by atoms with van der Waals surface area (Å²) in [5.74, 6) is -1.13. The molecular formula is C9H11N4O. The Kier molecular flexibility index (Phi) is 3.06.